The van der Waals surface area contributed by atoms with E-state index in [1.54, 1.807) is 0 Å². The standard InChI is InChI=1S/C17H27N3O/c1-2-14-8-10-17(13-18,11-9-14)20-16(21)19-12-15-6-4-3-5-7-15/h3-7,14H,2,8-13,18H2,1H3,(H2,19,20,21). The molecule has 1 aromatic rings. The number of hydrogen-bond acceptors (Lipinski definition) is 2. The van der Waals surface area contributed by atoms with E-state index in [-0.39, 0.29) is 11.6 Å². The quantitative estimate of drug-likeness (QED) is 0.780. The van der Waals surface area contributed by atoms with Crippen LogP contribution in [0.3, 0.4) is 0 Å². The molecule has 2 amide bonds. The van der Waals surface area contributed by atoms with Gasteiger partial charge in [0.1, 0.15) is 0 Å². The molecule has 4 heteroatoms. The average Bonchev–Trinajstić information content (AvgIpc) is 2.54. The van der Waals surface area contributed by atoms with E-state index in [0.29, 0.717) is 13.1 Å². The van der Waals surface area contributed by atoms with E-state index < -0.39 is 0 Å². The van der Waals surface area contributed by atoms with E-state index in [1.807, 2.05) is 30.3 Å². The number of hydrogen-bond donors (Lipinski definition) is 3. The maximum absolute atomic E-state index is 12.1. The van der Waals surface area contributed by atoms with Gasteiger partial charge in [-0.2, -0.15) is 0 Å². The molecular formula is C17H27N3O. The molecule has 4 nitrogen and oxygen atoms in total. The van der Waals surface area contributed by atoms with Crippen molar-refractivity contribution in [3.63, 3.8) is 0 Å². The maximum Gasteiger partial charge on any atom is 0.315 e. The summed E-state index contributed by atoms with van der Waals surface area (Å²) in [6, 6.07) is 9.82. The summed E-state index contributed by atoms with van der Waals surface area (Å²) >= 11 is 0. The fraction of sp³-hybridized carbons (Fsp3) is 0.588. The van der Waals surface area contributed by atoms with Crippen LogP contribution in [0.4, 0.5) is 4.79 Å². The molecule has 1 saturated carbocycles. The highest BCUT2D eigenvalue weighted by Gasteiger charge is 2.34. The van der Waals surface area contributed by atoms with Gasteiger partial charge in [-0.25, -0.2) is 4.79 Å². The van der Waals surface area contributed by atoms with Crippen LogP contribution >= 0.6 is 0 Å². The molecule has 4 N–H and O–H groups in total. The molecule has 0 aliphatic heterocycles. The zero-order valence-corrected chi connectivity index (χ0v) is 12.9. The summed E-state index contributed by atoms with van der Waals surface area (Å²) in [6.45, 7) is 3.30. The van der Waals surface area contributed by atoms with Crippen molar-refractivity contribution in [3.05, 3.63) is 35.9 Å². The van der Waals surface area contributed by atoms with E-state index in [9.17, 15) is 4.79 Å². The fourth-order valence-electron chi connectivity index (χ4n) is 3.08. The summed E-state index contributed by atoms with van der Waals surface area (Å²) in [5, 5.41) is 6.05. The highest BCUT2D eigenvalue weighted by Crippen LogP contribution is 2.33. The molecule has 116 valence electrons. The number of urea groups is 1. The first-order valence-electron chi connectivity index (χ1n) is 7.97. The highest BCUT2D eigenvalue weighted by atomic mass is 16.2. The number of nitrogens with two attached hydrogens (primary N) is 1. The second-order valence-corrected chi connectivity index (χ2v) is 6.13. The van der Waals surface area contributed by atoms with Crippen LogP contribution in [-0.2, 0) is 6.54 Å². The molecule has 0 saturated heterocycles. The van der Waals surface area contributed by atoms with Gasteiger partial charge in [0.15, 0.2) is 0 Å². The molecule has 0 aromatic heterocycles. The molecule has 1 aliphatic carbocycles. The molecule has 0 atom stereocenters. The Labute approximate surface area is 127 Å². The summed E-state index contributed by atoms with van der Waals surface area (Å²) in [6.07, 6.45) is 5.52. The van der Waals surface area contributed by atoms with Crippen molar-refractivity contribution in [2.75, 3.05) is 6.54 Å². The van der Waals surface area contributed by atoms with Gasteiger partial charge in [0.2, 0.25) is 0 Å². The fourth-order valence-corrected chi connectivity index (χ4v) is 3.08. The minimum Gasteiger partial charge on any atom is -0.334 e. The SMILES string of the molecule is CCC1CCC(CN)(NC(=O)NCc2ccccc2)CC1. The first kappa shape index (κ1) is 15.8. The third-order valence-electron chi connectivity index (χ3n) is 4.70. The van der Waals surface area contributed by atoms with Crippen LogP contribution in [0.25, 0.3) is 0 Å². The van der Waals surface area contributed by atoms with E-state index in [2.05, 4.69) is 17.6 Å². The molecule has 0 heterocycles. The van der Waals surface area contributed by atoms with Gasteiger partial charge in [-0.1, -0.05) is 43.7 Å². The minimum atomic E-state index is -0.216. The number of amides is 2. The van der Waals surface area contributed by atoms with Crippen LogP contribution in [0.5, 0.6) is 0 Å². The summed E-state index contributed by atoms with van der Waals surface area (Å²) in [7, 11) is 0. The summed E-state index contributed by atoms with van der Waals surface area (Å²) in [4.78, 5) is 12.1. The minimum absolute atomic E-state index is 0.112. The van der Waals surface area contributed by atoms with E-state index in [0.717, 1.165) is 37.2 Å². The predicted molar refractivity (Wildman–Crippen MR) is 85.8 cm³/mol. The molecule has 0 radical (unpaired) electrons. The Morgan fingerprint density at radius 3 is 2.52 bits per heavy atom. The number of rotatable bonds is 5. The molecule has 21 heavy (non-hydrogen) atoms. The number of carbonyl (C=O) groups excluding carboxylic acids is 1. The van der Waals surface area contributed by atoms with Crippen molar-refractivity contribution in [3.8, 4) is 0 Å². The zero-order valence-electron chi connectivity index (χ0n) is 12.9. The lowest BCUT2D eigenvalue weighted by molar-refractivity contribution is 0.182. The van der Waals surface area contributed by atoms with Crippen molar-refractivity contribution in [1.82, 2.24) is 10.6 Å². The van der Waals surface area contributed by atoms with Gasteiger partial charge in [-0.15, -0.1) is 0 Å². The molecule has 0 unspecified atom stereocenters. The second-order valence-electron chi connectivity index (χ2n) is 6.13. The highest BCUT2D eigenvalue weighted by molar-refractivity contribution is 5.74. The molecule has 1 aromatic carbocycles. The number of nitrogens with one attached hydrogen (secondary N) is 2. The van der Waals surface area contributed by atoms with Crippen LogP contribution < -0.4 is 16.4 Å². The lowest BCUT2D eigenvalue weighted by Crippen LogP contribution is -2.57. The second kappa shape index (κ2) is 7.46. The number of carbonyl (C=O) groups is 1. The van der Waals surface area contributed by atoms with E-state index in [4.69, 9.17) is 5.73 Å². The van der Waals surface area contributed by atoms with Crippen LogP contribution in [0.15, 0.2) is 30.3 Å². The van der Waals surface area contributed by atoms with Crippen molar-refractivity contribution in [1.29, 1.82) is 0 Å². The lowest BCUT2D eigenvalue weighted by Gasteiger charge is -2.39. The molecule has 0 spiro atoms. The van der Waals surface area contributed by atoms with Gasteiger partial charge in [0.05, 0.1) is 5.54 Å². The summed E-state index contributed by atoms with van der Waals surface area (Å²) < 4.78 is 0. The topological polar surface area (TPSA) is 67.1 Å². The van der Waals surface area contributed by atoms with Crippen molar-refractivity contribution in [2.24, 2.45) is 11.7 Å². The summed E-state index contributed by atoms with van der Waals surface area (Å²) in [5.41, 5.74) is 6.82. The Bertz CT molecular complexity index is 439. The van der Waals surface area contributed by atoms with Crippen molar-refractivity contribution in [2.45, 2.75) is 51.1 Å². The first-order chi connectivity index (χ1) is 10.2. The predicted octanol–water partition coefficient (Wildman–Crippen LogP) is 2.78. The van der Waals surface area contributed by atoms with Gasteiger partial charge in [0, 0.05) is 13.1 Å². The normalized spacial score (nSPS) is 25.3. The molecule has 0 bridgehead atoms. The maximum atomic E-state index is 12.1. The van der Waals surface area contributed by atoms with E-state index in [1.165, 1.54) is 6.42 Å². The zero-order chi connectivity index (χ0) is 15.1. The molecule has 1 aliphatic rings. The Morgan fingerprint density at radius 1 is 1.29 bits per heavy atom. The van der Waals surface area contributed by atoms with Crippen molar-refractivity contribution >= 4 is 6.03 Å². The molecular weight excluding hydrogens is 262 g/mol. The van der Waals surface area contributed by atoms with E-state index >= 15 is 0 Å². The van der Waals surface area contributed by atoms with Crippen LogP contribution in [-0.4, -0.2) is 18.1 Å². The van der Waals surface area contributed by atoms with Gasteiger partial charge in [0.25, 0.3) is 0 Å². The molecule has 2 rings (SSSR count). The van der Waals surface area contributed by atoms with Crippen LogP contribution in [0.2, 0.25) is 0 Å². The Morgan fingerprint density at radius 2 is 1.95 bits per heavy atom. The lowest BCUT2D eigenvalue weighted by atomic mass is 9.75. The van der Waals surface area contributed by atoms with Crippen LogP contribution in [0, 0.1) is 5.92 Å². The smallest absolute Gasteiger partial charge is 0.315 e. The average molecular weight is 289 g/mol. The Balaban J connectivity index is 1.83. The van der Waals surface area contributed by atoms with Crippen molar-refractivity contribution < 1.29 is 4.79 Å². The third-order valence-corrected chi connectivity index (χ3v) is 4.70. The van der Waals surface area contributed by atoms with Gasteiger partial charge in [-0.3, -0.25) is 0 Å². The monoisotopic (exact) mass is 289 g/mol. The Hall–Kier alpha value is -1.55. The molecule has 1 fully saturated rings. The van der Waals surface area contributed by atoms with Gasteiger partial charge in [-0.05, 0) is 37.2 Å². The first-order valence-corrected chi connectivity index (χ1v) is 7.97. The summed E-state index contributed by atoms with van der Waals surface area (Å²) in [5.74, 6) is 0.791. The number of benzene rings is 1. The van der Waals surface area contributed by atoms with Gasteiger partial charge >= 0.3 is 6.03 Å². The van der Waals surface area contributed by atoms with Gasteiger partial charge < -0.3 is 16.4 Å². The Kier molecular flexibility index (Phi) is 5.62. The largest absolute Gasteiger partial charge is 0.334 e. The third kappa shape index (κ3) is 4.46. The van der Waals surface area contributed by atoms with Crippen LogP contribution in [0.1, 0.15) is 44.6 Å².